The van der Waals surface area contributed by atoms with Crippen molar-refractivity contribution in [1.82, 2.24) is 10.2 Å². The fraction of sp³-hybridized carbons (Fsp3) is 0.538. The Balaban J connectivity index is 2.16. The second-order valence-corrected chi connectivity index (χ2v) is 4.43. The minimum Gasteiger partial charge on any atom is -0.374 e. The predicted molar refractivity (Wildman–Crippen MR) is 65.5 cm³/mol. The molecule has 3 nitrogen and oxygen atoms in total. The molecule has 0 amide bonds. The lowest BCUT2D eigenvalue weighted by Gasteiger charge is -2.35. The van der Waals surface area contributed by atoms with Crippen LogP contribution in [0.1, 0.15) is 11.6 Å². The highest BCUT2D eigenvalue weighted by atomic mass is 16.5. The van der Waals surface area contributed by atoms with Crippen LogP contribution in [0.2, 0.25) is 0 Å². The highest BCUT2D eigenvalue weighted by Gasteiger charge is 2.27. The number of nitrogens with zero attached hydrogens (tertiary/aromatic N) is 1. The molecule has 1 N–H and O–H groups in total. The summed E-state index contributed by atoms with van der Waals surface area (Å²) in [5, 5.41) is 3.39. The maximum absolute atomic E-state index is 5.85. The van der Waals surface area contributed by atoms with E-state index in [1.165, 1.54) is 5.56 Å². The van der Waals surface area contributed by atoms with Crippen LogP contribution in [0.5, 0.6) is 0 Å². The average Bonchev–Trinajstić information content (AvgIpc) is 2.31. The molecule has 16 heavy (non-hydrogen) atoms. The number of benzene rings is 1. The molecular formula is C13H20N2O. The second-order valence-electron chi connectivity index (χ2n) is 4.43. The number of nitrogens with one attached hydrogen (secondary N) is 1. The molecular weight excluding hydrogens is 200 g/mol. The summed E-state index contributed by atoms with van der Waals surface area (Å²) >= 11 is 0. The Hall–Kier alpha value is -0.900. The van der Waals surface area contributed by atoms with Crippen molar-refractivity contribution < 1.29 is 4.74 Å². The van der Waals surface area contributed by atoms with Gasteiger partial charge >= 0.3 is 0 Å². The van der Waals surface area contributed by atoms with Gasteiger partial charge in [0.1, 0.15) is 0 Å². The lowest BCUT2D eigenvalue weighted by Crippen LogP contribution is -2.45. The van der Waals surface area contributed by atoms with Gasteiger partial charge in [0.25, 0.3) is 0 Å². The van der Waals surface area contributed by atoms with Crippen molar-refractivity contribution in [3.8, 4) is 0 Å². The van der Waals surface area contributed by atoms with Gasteiger partial charge in [-0.25, -0.2) is 0 Å². The topological polar surface area (TPSA) is 24.5 Å². The summed E-state index contributed by atoms with van der Waals surface area (Å²) in [6.07, 6.45) is 0.242. The Kier molecular flexibility index (Phi) is 3.93. The molecule has 1 heterocycles. The van der Waals surface area contributed by atoms with Crippen LogP contribution in [0.15, 0.2) is 30.3 Å². The number of morpholine rings is 1. The molecule has 3 heteroatoms. The van der Waals surface area contributed by atoms with Gasteiger partial charge in [-0.1, -0.05) is 30.3 Å². The van der Waals surface area contributed by atoms with Gasteiger partial charge in [0.15, 0.2) is 0 Å². The Morgan fingerprint density at radius 2 is 2.06 bits per heavy atom. The highest BCUT2D eigenvalue weighted by molar-refractivity contribution is 5.20. The third kappa shape index (κ3) is 2.61. The van der Waals surface area contributed by atoms with Crippen molar-refractivity contribution in [1.29, 1.82) is 0 Å². The average molecular weight is 220 g/mol. The Bertz CT molecular complexity index is 307. The van der Waals surface area contributed by atoms with E-state index in [1.807, 2.05) is 0 Å². The predicted octanol–water partition coefficient (Wildman–Crippen LogP) is 1.28. The van der Waals surface area contributed by atoms with E-state index in [0.717, 1.165) is 19.7 Å². The molecule has 0 aromatic heterocycles. The molecule has 0 spiro atoms. The van der Waals surface area contributed by atoms with Crippen molar-refractivity contribution in [3.63, 3.8) is 0 Å². The van der Waals surface area contributed by atoms with Gasteiger partial charge in [-0.2, -0.15) is 0 Å². The van der Waals surface area contributed by atoms with E-state index in [9.17, 15) is 0 Å². The zero-order valence-electron chi connectivity index (χ0n) is 10.0. The largest absolute Gasteiger partial charge is 0.374 e. The van der Waals surface area contributed by atoms with Gasteiger partial charge < -0.3 is 15.0 Å². The summed E-state index contributed by atoms with van der Waals surface area (Å²) in [7, 11) is 4.21. The quantitative estimate of drug-likeness (QED) is 0.830. The maximum Gasteiger partial charge on any atom is 0.0896 e. The van der Waals surface area contributed by atoms with Gasteiger partial charge in [-0.15, -0.1) is 0 Å². The SMILES string of the molecule is CN(C)C(c1ccccc1)C1CNCCO1. The minimum absolute atomic E-state index is 0.242. The number of ether oxygens (including phenoxy) is 1. The zero-order valence-corrected chi connectivity index (χ0v) is 10.0. The van der Waals surface area contributed by atoms with Gasteiger partial charge in [0.05, 0.1) is 18.8 Å². The standard InChI is InChI=1S/C13H20N2O/c1-15(2)13(11-6-4-3-5-7-11)12-10-14-8-9-16-12/h3-7,12-14H,8-10H2,1-2H3. The summed E-state index contributed by atoms with van der Waals surface area (Å²) in [6.45, 7) is 2.70. The van der Waals surface area contributed by atoms with Gasteiger partial charge in [0.2, 0.25) is 0 Å². The molecule has 0 radical (unpaired) electrons. The van der Waals surface area contributed by atoms with E-state index in [2.05, 4.69) is 54.6 Å². The number of hydrogen-bond donors (Lipinski definition) is 1. The van der Waals surface area contributed by atoms with E-state index in [0.29, 0.717) is 6.04 Å². The molecule has 1 aromatic rings. The fourth-order valence-electron chi connectivity index (χ4n) is 2.28. The molecule has 88 valence electrons. The molecule has 1 aliphatic rings. The first-order chi connectivity index (χ1) is 7.79. The van der Waals surface area contributed by atoms with Crippen LogP contribution in [-0.2, 0) is 4.74 Å². The molecule has 0 saturated carbocycles. The monoisotopic (exact) mass is 220 g/mol. The van der Waals surface area contributed by atoms with Crippen LogP contribution in [0.25, 0.3) is 0 Å². The van der Waals surface area contributed by atoms with Crippen LogP contribution < -0.4 is 5.32 Å². The smallest absolute Gasteiger partial charge is 0.0896 e. The third-order valence-electron chi connectivity index (χ3n) is 3.01. The molecule has 2 rings (SSSR count). The van der Waals surface area contributed by atoms with Crippen molar-refractivity contribution >= 4 is 0 Å². The lowest BCUT2D eigenvalue weighted by molar-refractivity contribution is -0.0211. The Morgan fingerprint density at radius 1 is 1.31 bits per heavy atom. The molecule has 1 fully saturated rings. The molecule has 1 aliphatic heterocycles. The van der Waals surface area contributed by atoms with E-state index < -0.39 is 0 Å². The van der Waals surface area contributed by atoms with Crippen molar-refractivity contribution in [2.24, 2.45) is 0 Å². The third-order valence-corrected chi connectivity index (χ3v) is 3.01. The first kappa shape index (κ1) is 11.6. The molecule has 1 aromatic carbocycles. The van der Waals surface area contributed by atoms with Crippen molar-refractivity contribution in [2.75, 3.05) is 33.8 Å². The summed E-state index contributed by atoms with van der Waals surface area (Å²) < 4.78 is 5.85. The maximum atomic E-state index is 5.85. The van der Waals surface area contributed by atoms with Gasteiger partial charge in [-0.3, -0.25) is 0 Å². The van der Waals surface area contributed by atoms with Crippen LogP contribution in [-0.4, -0.2) is 44.8 Å². The molecule has 0 aliphatic carbocycles. The summed E-state index contributed by atoms with van der Waals surface area (Å²) in [6, 6.07) is 10.9. The van der Waals surface area contributed by atoms with E-state index >= 15 is 0 Å². The fourth-order valence-corrected chi connectivity index (χ4v) is 2.28. The van der Waals surface area contributed by atoms with E-state index in [1.54, 1.807) is 0 Å². The first-order valence-corrected chi connectivity index (χ1v) is 5.83. The van der Waals surface area contributed by atoms with Crippen LogP contribution >= 0.6 is 0 Å². The summed E-state index contributed by atoms with van der Waals surface area (Å²) in [4.78, 5) is 2.23. The molecule has 2 atom stereocenters. The molecule has 2 unspecified atom stereocenters. The summed E-state index contributed by atoms with van der Waals surface area (Å²) in [5.74, 6) is 0. The molecule has 1 saturated heterocycles. The first-order valence-electron chi connectivity index (χ1n) is 5.83. The van der Waals surface area contributed by atoms with E-state index in [4.69, 9.17) is 4.74 Å². The number of hydrogen-bond acceptors (Lipinski definition) is 3. The van der Waals surface area contributed by atoms with Crippen LogP contribution in [0.4, 0.5) is 0 Å². The molecule has 0 bridgehead atoms. The number of rotatable bonds is 3. The van der Waals surface area contributed by atoms with E-state index in [-0.39, 0.29) is 6.10 Å². The lowest BCUT2D eigenvalue weighted by atomic mass is 9.99. The van der Waals surface area contributed by atoms with Crippen LogP contribution in [0, 0.1) is 0 Å². The van der Waals surface area contributed by atoms with Crippen molar-refractivity contribution in [2.45, 2.75) is 12.1 Å². The minimum atomic E-state index is 0.242. The van der Waals surface area contributed by atoms with Gasteiger partial charge in [0, 0.05) is 13.1 Å². The van der Waals surface area contributed by atoms with Crippen LogP contribution in [0.3, 0.4) is 0 Å². The normalized spacial score (nSPS) is 23.3. The zero-order chi connectivity index (χ0) is 11.4. The van der Waals surface area contributed by atoms with Crippen molar-refractivity contribution in [3.05, 3.63) is 35.9 Å². The Morgan fingerprint density at radius 3 is 2.62 bits per heavy atom. The highest BCUT2D eigenvalue weighted by Crippen LogP contribution is 2.24. The van der Waals surface area contributed by atoms with Gasteiger partial charge in [-0.05, 0) is 19.7 Å². The second kappa shape index (κ2) is 5.43. The Labute approximate surface area is 97.4 Å². The summed E-state index contributed by atoms with van der Waals surface area (Å²) in [5.41, 5.74) is 1.32. The number of likely N-dealkylation sites (N-methyl/N-ethyl adjacent to an activating group) is 1.